The molecular weight excluding hydrogens is 653 g/mol. The Hall–Kier alpha value is -3.20. The molecule has 7 nitrogen and oxygen atoms in total. The van der Waals surface area contributed by atoms with Crippen LogP contribution in [0.25, 0.3) is 0 Å². The van der Waals surface area contributed by atoms with Gasteiger partial charge in [-0.1, -0.05) is 88.7 Å². The minimum atomic E-state index is -1.63. The number of urea groups is 1. The van der Waals surface area contributed by atoms with Crippen LogP contribution in [0.3, 0.4) is 0 Å². The Morgan fingerprint density at radius 3 is 2.12 bits per heavy atom. The molecule has 0 unspecified atom stereocenters. The maximum Gasteiger partial charge on any atom is 0.332 e. The van der Waals surface area contributed by atoms with Crippen LogP contribution in [0.2, 0.25) is 10.0 Å². The van der Waals surface area contributed by atoms with E-state index >= 15 is 0 Å². The summed E-state index contributed by atoms with van der Waals surface area (Å²) in [5.74, 6) is -3.13. The number of anilines is 1. The number of amides is 5. The largest absolute Gasteiger partial charge is 0.332 e. The standard InChI is InChI=1S/C33H28BrCl2N3O4/c34-21-5-4-8-25(17-21)38-31(42)33(18-19-9-13-22(35)14-10-19)27-26(29(40)37(30(27)41)24-6-2-1-3-7-24)28(39(33)32(38)43)20-11-15-23(36)16-12-20/h4-5,8-17,24,26-28H,1-3,6-7,18H2/t26-,27-,28-,33-/m1/s1. The molecule has 3 saturated heterocycles. The molecule has 1 saturated carbocycles. The molecule has 5 amide bonds. The van der Waals surface area contributed by atoms with E-state index in [9.17, 15) is 19.2 Å². The minimum Gasteiger partial charge on any atom is -0.300 e. The van der Waals surface area contributed by atoms with Crippen LogP contribution in [0.4, 0.5) is 10.5 Å². The van der Waals surface area contributed by atoms with Crippen molar-refractivity contribution in [3.8, 4) is 0 Å². The van der Waals surface area contributed by atoms with Crippen molar-refractivity contribution in [3.05, 3.63) is 98.4 Å². The zero-order valence-electron chi connectivity index (χ0n) is 23.1. The molecule has 0 bridgehead atoms. The number of carbonyl (C=O) groups excluding carboxylic acids is 4. The first-order valence-corrected chi connectivity index (χ1v) is 16.1. The smallest absolute Gasteiger partial charge is 0.300 e. The number of benzene rings is 3. The summed E-state index contributed by atoms with van der Waals surface area (Å²) in [5, 5.41) is 1.03. The van der Waals surface area contributed by atoms with E-state index in [0.29, 0.717) is 25.8 Å². The van der Waals surface area contributed by atoms with Gasteiger partial charge in [-0.25, -0.2) is 9.69 Å². The van der Waals surface area contributed by atoms with Gasteiger partial charge in [0.15, 0.2) is 0 Å². The van der Waals surface area contributed by atoms with Gasteiger partial charge in [-0.05, 0) is 66.4 Å². The normalized spacial score (nSPS) is 27.3. The first-order chi connectivity index (χ1) is 20.7. The van der Waals surface area contributed by atoms with E-state index in [2.05, 4.69) is 15.9 Å². The number of hydrogen-bond acceptors (Lipinski definition) is 4. The number of imide groups is 2. The van der Waals surface area contributed by atoms with Gasteiger partial charge in [0.1, 0.15) is 5.54 Å². The molecule has 1 aliphatic carbocycles. The van der Waals surface area contributed by atoms with E-state index in [1.165, 1.54) is 14.7 Å². The van der Waals surface area contributed by atoms with Gasteiger partial charge in [0, 0.05) is 27.0 Å². The summed E-state index contributed by atoms with van der Waals surface area (Å²) in [6, 6.07) is 19.4. The van der Waals surface area contributed by atoms with Gasteiger partial charge in [0.2, 0.25) is 11.8 Å². The maximum absolute atomic E-state index is 14.9. The summed E-state index contributed by atoms with van der Waals surface area (Å²) in [7, 11) is 0. The lowest BCUT2D eigenvalue weighted by Gasteiger charge is -2.37. The van der Waals surface area contributed by atoms with Crippen molar-refractivity contribution < 1.29 is 19.2 Å². The van der Waals surface area contributed by atoms with Crippen LogP contribution >= 0.6 is 39.1 Å². The summed E-state index contributed by atoms with van der Waals surface area (Å²) in [5.41, 5.74) is 0.152. The lowest BCUT2D eigenvalue weighted by atomic mass is 9.75. The molecular formula is C33H28BrCl2N3O4. The zero-order valence-corrected chi connectivity index (χ0v) is 26.2. The van der Waals surface area contributed by atoms with Crippen molar-refractivity contribution in [1.82, 2.24) is 9.80 Å². The Bertz CT molecular complexity index is 1640. The molecule has 220 valence electrons. The second-order valence-electron chi connectivity index (χ2n) is 11.8. The van der Waals surface area contributed by atoms with Crippen LogP contribution in [0, 0.1) is 11.8 Å². The molecule has 0 N–H and O–H groups in total. The van der Waals surface area contributed by atoms with Gasteiger partial charge in [0.05, 0.1) is 23.6 Å². The first kappa shape index (κ1) is 28.6. The van der Waals surface area contributed by atoms with Gasteiger partial charge in [-0.2, -0.15) is 0 Å². The van der Waals surface area contributed by atoms with Crippen LogP contribution in [-0.4, -0.2) is 45.1 Å². The lowest BCUT2D eigenvalue weighted by Crippen LogP contribution is -2.56. The van der Waals surface area contributed by atoms with Crippen molar-refractivity contribution in [1.29, 1.82) is 0 Å². The second-order valence-corrected chi connectivity index (χ2v) is 13.6. The molecule has 0 radical (unpaired) electrons. The predicted molar refractivity (Wildman–Crippen MR) is 167 cm³/mol. The van der Waals surface area contributed by atoms with Crippen molar-refractivity contribution in [2.75, 3.05) is 4.90 Å². The SMILES string of the molecule is O=C1[C@H]2[C@@H](c3ccc(Cl)cc3)N3C(=O)N(c4cccc(Br)c4)C(=O)[C@@]3(Cc3ccc(Cl)cc3)[C@H]2C(=O)N1C1CCCCC1. The van der Waals surface area contributed by atoms with Crippen LogP contribution in [0.15, 0.2) is 77.3 Å². The molecule has 10 heteroatoms. The van der Waals surface area contributed by atoms with Crippen molar-refractivity contribution in [2.24, 2.45) is 11.8 Å². The van der Waals surface area contributed by atoms with E-state index in [4.69, 9.17) is 23.2 Å². The molecule has 4 atom stereocenters. The highest BCUT2D eigenvalue weighted by molar-refractivity contribution is 9.10. The van der Waals surface area contributed by atoms with Crippen molar-refractivity contribution >= 4 is 68.6 Å². The fourth-order valence-electron chi connectivity index (χ4n) is 7.75. The van der Waals surface area contributed by atoms with Gasteiger partial charge in [-0.3, -0.25) is 19.3 Å². The Kier molecular flexibility index (Phi) is 7.14. The number of hydrogen-bond donors (Lipinski definition) is 0. The van der Waals surface area contributed by atoms with E-state index in [1.54, 1.807) is 66.7 Å². The molecule has 3 aromatic rings. The number of fused-ring (bicyclic) bond motifs is 3. The number of likely N-dealkylation sites (tertiary alicyclic amines) is 1. The first-order valence-electron chi connectivity index (χ1n) is 14.5. The Balaban J connectivity index is 1.45. The summed E-state index contributed by atoms with van der Waals surface area (Å²) < 4.78 is 0.701. The second kappa shape index (κ2) is 10.8. The quantitative estimate of drug-likeness (QED) is 0.211. The number of rotatable bonds is 5. The van der Waals surface area contributed by atoms with Crippen LogP contribution in [0.1, 0.15) is 49.3 Å². The molecule has 43 heavy (non-hydrogen) atoms. The molecule has 4 fully saturated rings. The monoisotopic (exact) mass is 679 g/mol. The Labute approximate surface area is 267 Å². The van der Waals surface area contributed by atoms with Gasteiger partial charge in [-0.15, -0.1) is 0 Å². The molecule has 3 aromatic carbocycles. The predicted octanol–water partition coefficient (Wildman–Crippen LogP) is 7.19. The number of halogens is 3. The number of nitrogens with zero attached hydrogens (tertiary/aromatic N) is 3. The lowest BCUT2D eigenvalue weighted by molar-refractivity contribution is -0.147. The van der Waals surface area contributed by atoms with Gasteiger partial charge >= 0.3 is 6.03 Å². The average Bonchev–Trinajstić information content (AvgIpc) is 3.52. The molecule has 3 aliphatic heterocycles. The van der Waals surface area contributed by atoms with Gasteiger partial charge < -0.3 is 4.90 Å². The zero-order chi connectivity index (χ0) is 30.0. The third-order valence-corrected chi connectivity index (χ3v) is 10.5. The van der Waals surface area contributed by atoms with Crippen molar-refractivity contribution in [3.63, 3.8) is 0 Å². The molecule has 0 aromatic heterocycles. The minimum absolute atomic E-state index is 0.0576. The Morgan fingerprint density at radius 2 is 1.47 bits per heavy atom. The highest BCUT2D eigenvalue weighted by atomic mass is 79.9. The topological polar surface area (TPSA) is 78.0 Å². The van der Waals surface area contributed by atoms with Crippen LogP contribution < -0.4 is 4.90 Å². The third-order valence-electron chi connectivity index (χ3n) is 9.52. The van der Waals surface area contributed by atoms with E-state index < -0.39 is 35.4 Å². The summed E-state index contributed by atoms with van der Waals surface area (Å²) in [6.45, 7) is 0. The molecule has 0 spiro atoms. The summed E-state index contributed by atoms with van der Waals surface area (Å²) in [6.07, 6.45) is 4.49. The molecule has 4 aliphatic rings. The van der Waals surface area contributed by atoms with Crippen LogP contribution in [-0.2, 0) is 20.8 Å². The highest BCUT2D eigenvalue weighted by Gasteiger charge is 2.77. The summed E-state index contributed by atoms with van der Waals surface area (Å²) >= 11 is 15.9. The fourth-order valence-corrected chi connectivity index (χ4v) is 8.39. The maximum atomic E-state index is 14.9. The van der Waals surface area contributed by atoms with Crippen LogP contribution in [0.5, 0.6) is 0 Å². The van der Waals surface area contributed by atoms with Gasteiger partial charge in [0.25, 0.3) is 5.91 Å². The number of carbonyl (C=O) groups is 4. The fraction of sp³-hybridized carbons (Fsp3) is 0.333. The highest BCUT2D eigenvalue weighted by Crippen LogP contribution is 2.60. The average molecular weight is 681 g/mol. The van der Waals surface area contributed by atoms with E-state index in [0.717, 1.165) is 37.7 Å². The third kappa shape index (κ3) is 4.36. The molecule has 7 rings (SSSR count). The van der Waals surface area contributed by atoms with E-state index in [1.807, 2.05) is 6.07 Å². The van der Waals surface area contributed by atoms with E-state index in [-0.39, 0.29) is 24.3 Å². The van der Waals surface area contributed by atoms with Crippen molar-refractivity contribution in [2.45, 2.75) is 56.1 Å². The molecule has 3 heterocycles. The summed E-state index contributed by atoms with van der Waals surface area (Å²) in [4.78, 5) is 62.7. The Morgan fingerprint density at radius 1 is 0.814 bits per heavy atom.